The number of aromatic hydroxyl groups is 2. The van der Waals surface area contributed by atoms with Gasteiger partial charge in [0.05, 0.1) is 0 Å². The van der Waals surface area contributed by atoms with Gasteiger partial charge in [-0.25, -0.2) is 0 Å². The minimum Gasteiger partial charge on any atom is -0.508 e. The Balaban J connectivity index is 1.66. The Morgan fingerprint density at radius 3 is 1.39 bits per heavy atom. The van der Waals surface area contributed by atoms with E-state index in [1.807, 2.05) is 0 Å². The summed E-state index contributed by atoms with van der Waals surface area (Å²) < 4.78 is 10.9. The first-order valence-electron chi connectivity index (χ1n) is 8.82. The number of nitrogens with one attached hydrogen (secondary N) is 2. The molecule has 0 aliphatic heterocycles. The predicted molar refractivity (Wildman–Crippen MR) is 102 cm³/mol. The Labute approximate surface area is 163 Å². The second-order valence-corrected chi connectivity index (χ2v) is 6.09. The van der Waals surface area contributed by atoms with Crippen LogP contribution in [-0.4, -0.2) is 47.3 Å². The van der Waals surface area contributed by atoms with Gasteiger partial charge < -0.3 is 30.3 Å². The molecule has 0 saturated heterocycles. The average Bonchev–Trinajstić information content (AvgIpc) is 2.68. The Hall–Kier alpha value is -3.42. The molecule has 0 aromatic heterocycles. The average molecular weight is 388 g/mol. The maximum atomic E-state index is 12.0. The summed E-state index contributed by atoms with van der Waals surface area (Å²) in [6, 6.07) is 12.1. The second-order valence-electron chi connectivity index (χ2n) is 6.09. The Kier molecular flexibility index (Phi) is 7.50. The number of carbonyl (C=O) groups is 2. The van der Waals surface area contributed by atoms with Gasteiger partial charge in [-0.1, -0.05) is 0 Å². The van der Waals surface area contributed by atoms with Gasteiger partial charge >= 0.3 is 0 Å². The summed E-state index contributed by atoms with van der Waals surface area (Å²) in [6.07, 6.45) is -1.45. The lowest BCUT2D eigenvalue weighted by Gasteiger charge is -2.16. The largest absolute Gasteiger partial charge is 0.508 e. The molecular formula is C20H24N2O6. The normalized spacial score (nSPS) is 12.5. The lowest BCUT2D eigenvalue weighted by atomic mass is 10.3. The molecule has 0 fully saturated rings. The van der Waals surface area contributed by atoms with Gasteiger partial charge in [0.1, 0.15) is 23.0 Å². The third kappa shape index (κ3) is 6.71. The van der Waals surface area contributed by atoms with Crippen LogP contribution in [0.4, 0.5) is 0 Å². The van der Waals surface area contributed by atoms with Crippen molar-refractivity contribution >= 4 is 11.8 Å². The molecule has 2 unspecified atom stereocenters. The summed E-state index contributed by atoms with van der Waals surface area (Å²) in [6.45, 7) is 3.68. The lowest BCUT2D eigenvalue weighted by molar-refractivity contribution is -0.129. The van der Waals surface area contributed by atoms with Crippen LogP contribution in [0.25, 0.3) is 0 Å². The highest BCUT2D eigenvalue weighted by Gasteiger charge is 2.16. The molecule has 2 amide bonds. The predicted octanol–water partition coefficient (Wildman–Crippen LogP) is 1.56. The van der Waals surface area contributed by atoms with E-state index in [1.165, 1.54) is 24.3 Å². The molecule has 0 aliphatic carbocycles. The first-order valence-corrected chi connectivity index (χ1v) is 8.82. The monoisotopic (exact) mass is 388 g/mol. The molecule has 2 aromatic rings. The first-order chi connectivity index (χ1) is 13.3. The molecule has 8 nitrogen and oxygen atoms in total. The van der Waals surface area contributed by atoms with Gasteiger partial charge in [-0.2, -0.15) is 0 Å². The van der Waals surface area contributed by atoms with E-state index in [-0.39, 0.29) is 36.4 Å². The number of phenolic OH excluding ortho intramolecular Hbond substituents is 2. The number of ether oxygens (including phenoxy) is 2. The Morgan fingerprint density at radius 2 is 1.07 bits per heavy atom. The molecule has 0 bridgehead atoms. The molecule has 4 N–H and O–H groups in total. The van der Waals surface area contributed by atoms with Gasteiger partial charge in [-0.15, -0.1) is 0 Å². The zero-order chi connectivity index (χ0) is 20.5. The van der Waals surface area contributed by atoms with Crippen molar-refractivity contribution in [2.45, 2.75) is 26.1 Å². The summed E-state index contributed by atoms with van der Waals surface area (Å²) in [5, 5.41) is 23.8. The van der Waals surface area contributed by atoms with E-state index in [1.54, 1.807) is 38.1 Å². The molecule has 8 heteroatoms. The van der Waals surface area contributed by atoms with E-state index in [4.69, 9.17) is 9.47 Å². The van der Waals surface area contributed by atoms with Crippen LogP contribution < -0.4 is 20.1 Å². The van der Waals surface area contributed by atoms with Crippen molar-refractivity contribution in [3.8, 4) is 23.0 Å². The number of amides is 2. The quantitative estimate of drug-likeness (QED) is 0.485. The van der Waals surface area contributed by atoms with Gasteiger partial charge in [-0.3, -0.25) is 9.59 Å². The minimum atomic E-state index is -0.725. The van der Waals surface area contributed by atoms with Crippen molar-refractivity contribution in [3.05, 3.63) is 48.5 Å². The molecule has 2 atom stereocenters. The van der Waals surface area contributed by atoms with Crippen LogP contribution in [-0.2, 0) is 9.59 Å². The summed E-state index contributed by atoms with van der Waals surface area (Å²) in [5.74, 6) is 0.516. The first kappa shape index (κ1) is 20.9. The minimum absolute atomic E-state index is 0.115. The molecule has 0 saturated carbocycles. The number of rotatable bonds is 9. The van der Waals surface area contributed by atoms with Gasteiger partial charge in [0, 0.05) is 13.1 Å². The Bertz CT molecular complexity index is 709. The highest BCUT2D eigenvalue weighted by molar-refractivity contribution is 5.81. The molecule has 0 spiro atoms. The molecule has 28 heavy (non-hydrogen) atoms. The standard InChI is InChI=1S/C20H24N2O6/c1-13(27-17-7-3-15(23)4-8-17)19(25)21-11-12-22-20(26)14(2)28-18-9-5-16(24)6-10-18/h3-10,13-14,23-24H,11-12H2,1-2H3,(H,21,25)(H,22,26). The van der Waals surface area contributed by atoms with E-state index in [0.717, 1.165) is 0 Å². The maximum Gasteiger partial charge on any atom is 0.260 e. The third-order valence-electron chi connectivity index (χ3n) is 3.76. The molecule has 150 valence electrons. The van der Waals surface area contributed by atoms with Crippen LogP contribution in [0.2, 0.25) is 0 Å². The number of benzene rings is 2. The molecule has 0 heterocycles. The maximum absolute atomic E-state index is 12.0. The van der Waals surface area contributed by atoms with Gasteiger partial charge in [0.2, 0.25) is 0 Å². The third-order valence-corrected chi connectivity index (χ3v) is 3.76. The fourth-order valence-corrected chi connectivity index (χ4v) is 2.22. The lowest BCUT2D eigenvalue weighted by Crippen LogP contribution is -2.43. The number of hydrogen-bond acceptors (Lipinski definition) is 6. The van der Waals surface area contributed by atoms with Crippen LogP contribution in [0, 0.1) is 0 Å². The smallest absolute Gasteiger partial charge is 0.260 e. The molecule has 0 radical (unpaired) electrons. The van der Waals surface area contributed by atoms with Gasteiger partial charge in [-0.05, 0) is 62.4 Å². The highest BCUT2D eigenvalue weighted by Crippen LogP contribution is 2.18. The highest BCUT2D eigenvalue weighted by atomic mass is 16.5. The summed E-state index contributed by atoms with van der Waals surface area (Å²) >= 11 is 0. The van der Waals surface area contributed by atoms with Crippen LogP contribution in [0.15, 0.2) is 48.5 Å². The Morgan fingerprint density at radius 1 is 0.750 bits per heavy atom. The SMILES string of the molecule is CC(Oc1ccc(O)cc1)C(=O)NCCNC(=O)C(C)Oc1ccc(O)cc1. The topological polar surface area (TPSA) is 117 Å². The molecule has 0 aliphatic rings. The molecule has 2 rings (SSSR count). The van der Waals surface area contributed by atoms with Crippen LogP contribution in [0.3, 0.4) is 0 Å². The van der Waals surface area contributed by atoms with E-state index < -0.39 is 12.2 Å². The zero-order valence-corrected chi connectivity index (χ0v) is 15.7. The van der Waals surface area contributed by atoms with Crippen LogP contribution in [0.1, 0.15) is 13.8 Å². The van der Waals surface area contributed by atoms with Crippen molar-refractivity contribution in [2.75, 3.05) is 13.1 Å². The van der Waals surface area contributed by atoms with Crippen molar-refractivity contribution in [3.63, 3.8) is 0 Å². The summed E-state index contributed by atoms with van der Waals surface area (Å²) in [5.41, 5.74) is 0. The zero-order valence-electron chi connectivity index (χ0n) is 15.7. The van der Waals surface area contributed by atoms with Crippen molar-refractivity contribution in [1.82, 2.24) is 10.6 Å². The number of carbonyl (C=O) groups excluding carboxylic acids is 2. The summed E-state index contributed by atoms with van der Waals surface area (Å²) in [4.78, 5) is 24.0. The fourth-order valence-electron chi connectivity index (χ4n) is 2.22. The van der Waals surface area contributed by atoms with Crippen molar-refractivity contribution in [2.24, 2.45) is 0 Å². The van der Waals surface area contributed by atoms with E-state index in [0.29, 0.717) is 11.5 Å². The summed E-state index contributed by atoms with van der Waals surface area (Å²) in [7, 11) is 0. The fraction of sp³-hybridized carbons (Fsp3) is 0.300. The number of hydrogen-bond donors (Lipinski definition) is 4. The van der Waals surface area contributed by atoms with Gasteiger partial charge in [0.15, 0.2) is 12.2 Å². The van der Waals surface area contributed by atoms with Crippen molar-refractivity contribution in [1.29, 1.82) is 0 Å². The second kappa shape index (κ2) is 10.1. The van der Waals surface area contributed by atoms with E-state index >= 15 is 0 Å². The van der Waals surface area contributed by atoms with E-state index in [2.05, 4.69) is 10.6 Å². The number of phenols is 2. The molecule has 2 aromatic carbocycles. The van der Waals surface area contributed by atoms with Gasteiger partial charge in [0.25, 0.3) is 11.8 Å². The molecular weight excluding hydrogens is 364 g/mol. The van der Waals surface area contributed by atoms with Crippen LogP contribution in [0.5, 0.6) is 23.0 Å². The van der Waals surface area contributed by atoms with E-state index in [9.17, 15) is 19.8 Å². The van der Waals surface area contributed by atoms with Crippen molar-refractivity contribution < 1.29 is 29.3 Å². The van der Waals surface area contributed by atoms with Crippen LogP contribution >= 0.6 is 0 Å².